The molecule has 0 unspecified atom stereocenters. The Labute approximate surface area is 119 Å². The van der Waals surface area contributed by atoms with Gasteiger partial charge in [-0.05, 0) is 13.0 Å². The van der Waals surface area contributed by atoms with E-state index in [0.29, 0.717) is 38.4 Å². The van der Waals surface area contributed by atoms with E-state index in [1.54, 1.807) is 13.2 Å². The lowest BCUT2D eigenvalue weighted by atomic mass is 10.2. The Morgan fingerprint density at radius 1 is 1.30 bits per heavy atom. The highest BCUT2D eigenvalue weighted by Gasteiger charge is 2.02. The quantitative estimate of drug-likeness (QED) is 0.468. The van der Waals surface area contributed by atoms with Crippen LogP contribution >= 0.6 is 0 Å². The van der Waals surface area contributed by atoms with E-state index < -0.39 is 0 Å². The molecule has 1 rings (SSSR count). The Morgan fingerprint density at radius 2 is 2.10 bits per heavy atom. The maximum absolute atomic E-state index is 11.5. The third-order valence-corrected chi connectivity index (χ3v) is 2.55. The zero-order valence-corrected chi connectivity index (χ0v) is 12.1. The van der Waals surface area contributed by atoms with Gasteiger partial charge in [0, 0.05) is 50.1 Å². The average Bonchev–Trinajstić information content (AvgIpc) is 2.39. The first-order valence-electron chi connectivity index (χ1n) is 6.68. The molecule has 0 heterocycles. The highest BCUT2D eigenvalue weighted by molar-refractivity contribution is 5.76. The summed E-state index contributed by atoms with van der Waals surface area (Å²) in [7, 11) is 1.60. The first-order chi connectivity index (χ1) is 9.65. The topological polar surface area (TPSA) is 85.6 Å². The summed E-state index contributed by atoms with van der Waals surface area (Å²) < 4.78 is 10.3. The van der Waals surface area contributed by atoms with Crippen LogP contribution in [0, 0.1) is 0 Å². The second kappa shape index (κ2) is 9.03. The SMILES string of the molecule is CCOc1cc(N)cc(NCCC(=O)NCCOC)c1. The smallest absolute Gasteiger partial charge is 0.221 e. The Balaban J connectivity index is 2.36. The third-order valence-electron chi connectivity index (χ3n) is 2.55. The Bertz CT molecular complexity index is 424. The molecule has 0 bridgehead atoms. The molecule has 20 heavy (non-hydrogen) atoms. The van der Waals surface area contributed by atoms with Crippen molar-refractivity contribution in [1.82, 2.24) is 5.32 Å². The number of hydrogen-bond donors (Lipinski definition) is 3. The normalized spacial score (nSPS) is 10.1. The fourth-order valence-corrected chi connectivity index (χ4v) is 1.68. The highest BCUT2D eigenvalue weighted by Crippen LogP contribution is 2.22. The number of rotatable bonds is 9. The van der Waals surface area contributed by atoms with E-state index in [1.165, 1.54) is 0 Å². The number of methoxy groups -OCH3 is 1. The fourth-order valence-electron chi connectivity index (χ4n) is 1.68. The van der Waals surface area contributed by atoms with Crippen LogP contribution in [-0.2, 0) is 9.53 Å². The van der Waals surface area contributed by atoms with Gasteiger partial charge in [-0.1, -0.05) is 0 Å². The van der Waals surface area contributed by atoms with Crippen LogP contribution in [0.15, 0.2) is 18.2 Å². The first-order valence-corrected chi connectivity index (χ1v) is 6.68. The fraction of sp³-hybridized carbons (Fsp3) is 0.500. The number of amides is 1. The zero-order valence-electron chi connectivity index (χ0n) is 12.1. The summed E-state index contributed by atoms with van der Waals surface area (Å²) in [5.74, 6) is 0.711. The minimum atomic E-state index is -0.0107. The monoisotopic (exact) mass is 281 g/mol. The predicted octanol–water partition coefficient (Wildman–Crippen LogP) is 1.23. The second-order valence-electron chi connectivity index (χ2n) is 4.24. The summed E-state index contributed by atoms with van der Waals surface area (Å²) in [6, 6.07) is 5.44. The van der Waals surface area contributed by atoms with Gasteiger partial charge in [0.25, 0.3) is 0 Å². The molecule has 0 atom stereocenters. The molecule has 6 nitrogen and oxygen atoms in total. The summed E-state index contributed by atoms with van der Waals surface area (Å²) in [4.78, 5) is 11.5. The number of nitrogens with two attached hydrogens (primary N) is 1. The summed E-state index contributed by atoms with van der Waals surface area (Å²) in [5, 5.41) is 5.91. The molecule has 6 heteroatoms. The van der Waals surface area contributed by atoms with Crippen molar-refractivity contribution in [1.29, 1.82) is 0 Å². The molecule has 1 aromatic carbocycles. The van der Waals surface area contributed by atoms with Crippen LogP contribution < -0.4 is 21.1 Å². The molecule has 1 aromatic rings. The van der Waals surface area contributed by atoms with Crippen LogP contribution in [0.25, 0.3) is 0 Å². The molecule has 0 radical (unpaired) electrons. The van der Waals surface area contributed by atoms with Gasteiger partial charge < -0.3 is 25.8 Å². The summed E-state index contributed by atoms with van der Waals surface area (Å²) in [6.07, 6.45) is 0.391. The highest BCUT2D eigenvalue weighted by atomic mass is 16.5. The predicted molar refractivity (Wildman–Crippen MR) is 80.0 cm³/mol. The lowest BCUT2D eigenvalue weighted by molar-refractivity contribution is -0.121. The van der Waals surface area contributed by atoms with Crippen LogP contribution in [-0.4, -0.2) is 39.3 Å². The summed E-state index contributed by atoms with van der Waals surface area (Å²) in [6.45, 7) is 4.09. The number of benzene rings is 1. The molecular weight excluding hydrogens is 258 g/mol. The Hall–Kier alpha value is -1.95. The molecule has 0 aliphatic carbocycles. The average molecular weight is 281 g/mol. The Kier molecular flexibility index (Phi) is 7.27. The molecular formula is C14H23N3O3. The van der Waals surface area contributed by atoms with E-state index in [2.05, 4.69) is 10.6 Å². The van der Waals surface area contributed by atoms with E-state index in [4.69, 9.17) is 15.2 Å². The largest absolute Gasteiger partial charge is 0.494 e. The maximum atomic E-state index is 11.5. The molecule has 0 saturated carbocycles. The van der Waals surface area contributed by atoms with E-state index in [-0.39, 0.29) is 5.91 Å². The standard InChI is InChI=1S/C14H23N3O3/c1-3-20-13-9-11(15)8-12(10-13)16-5-4-14(18)17-6-7-19-2/h8-10,16H,3-7,15H2,1-2H3,(H,17,18). The molecule has 0 spiro atoms. The molecule has 0 aromatic heterocycles. The molecule has 4 N–H and O–H groups in total. The number of carbonyl (C=O) groups excluding carboxylic acids is 1. The number of nitrogen functional groups attached to an aromatic ring is 1. The van der Waals surface area contributed by atoms with Gasteiger partial charge >= 0.3 is 0 Å². The van der Waals surface area contributed by atoms with Crippen LogP contribution in [0.1, 0.15) is 13.3 Å². The van der Waals surface area contributed by atoms with Crippen molar-refractivity contribution in [2.45, 2.75) is 13.3 Å². The van der Waals surface area contributed by atoms with E-state index >= 15 is 0 Å². The lowest BCUT2D eigenvalue weighted by Gasteiger charge is -2.10. The van der Waals surface area contributed by atoms with Crippen molar-refractivity contribution in [3.8, 4) is 5.75 Å². The second-order valence-corrected chi connectivity index (χ2v) is 4.24. The molecule has 0 aliphatic rings. The van der Waals surface area contributed by atoms with Gasteiger partial charge in [0.05, 0.1) is 13.2 Å². The van der Waals surface area contributed by atoms with Gasteiger partial charge in [-0.2, -0.15) is 0 Å². The zero-order chi connectivity index (χ0) is 14.8. The lowest BCUT2D eigenvalue weighted by Crippen LogP contribution is -2.28. The van der Waals surface area contributed by atoms with E-state index in [9.17, 15) is 4.79 Å². The van der Waals surface area contributed by atoms with Gasteiger partial charge in [0.2, 0.25) is 5.91 Å². The molecule has 1 amide bonds. The van der Waals surface area contributed by atoms with Gasteiger partial charge in [0.15, 0.2) is 0 Å². The molecule has 0 fully saturated rings. The van der Waals surface area contributed by atoms with E-state index in [1.807, 2.05) is 19.1 Å². The number of ether oxygens (including phenoxy) is 2. The van der Waals surface area contributed by atoms with Crippen LogP contribution in [0.2, 0.25) is 0 Å². The number of nitrogens with one attached hydrogen (secondary N) is 2. The van der Waals surface area contributed by atoms with Crippen molar-refractivity contribution < 1.29 is 14.3 Å². The maximum Gasteiger partial charge on any atom is 0.221 e. The van der Waals surface area contributed by atoms with Crippen LogP contribution in [0.5, 0.6) is 5.75 Å². The van der Waals surface area contributed by atoms with Crippen molar-refractivity contribution in [2.24, 2.45) is 0 Å². The minimum absolute atomic E-state index is 0.0107. The van der Waals surface area contributed by atoms with Crippen molar-refractivity contribution in [3.63, 3.8) is 0 Å². The molecule has 0 saturated heterocycles. The van der Waals surface area contributed by atoms with Gasteiger partial charge in [0.1, 0.15) is 5.75 Å². The van der Waals surface area contributed by atoms with Crippen LogP contribution in [0.3, 0.4) is 0 Å². The van der Waals surface area contributed by atoms with Gasteiger partial charge in [-0.3, -0.25) is 4.79 Å². The summed E-state index contributed by atoms with van der Waals surface area (Å²) >= 11 is 0. The van der Waals surface area contributed by atoms with Crippen molar-refractivity contribution in [3.05, 3.63) is 18.2 Å². The Morgan fingerprint density at radius 3 is 2.80 bits per heavy atom. The molecule has 0 aliphatic heterocycles. The van der Waals surface area contributed by atoms with Crippen molar-refractivity contribution >= 4 is 17.3 Å². The van der Waals surface area contributed by atoms with E-state index in [0.717, 1.165) is 11.4 Å². The number of hydrogen-bond acceptors (Lipinski definition) is 5. The first kappa shape index (κ1) is 16.1. The van der Waals surface area contributed by atoms with Crippen LogP contribution in [0.4, 0.5) is 11.4 Å². The van der Waals surface area contributed by atoms with Crippen molar-refractivity contribution in [2.75, 3.05) is 44.5 Å². The minimum Gasteiger partial charge on any atom is -0.494 e. The third kappa shape index (κ3) is 6.29. The van der Waals surface area contributed by atoms with Gasteiger partial charge in [-0.15, -0.1) is 0 Å². The number of anilines is 2. The molecule has 112 valence electrons. The number of carbonyl (C=O) groups is 1. The van der Waals surface area contributed by atoms with Gasteiger partial charge in [-0.25, -0.2) is 0 Å². The summed E-state index contributed by atoms with van der Waals surface area (Å²) in [5.41, 5.74) is 7.26.